The number of hydrogen-bond acceptors (Lipinski definition) is 7. The maximum atomic E-state index is 9.08. The summed E-state index contributed by atoms with van der Waals surface area (Å²) in [5.41, 5.74) is 5.27. The average Bonchev–Trinajstić information content (AvgIpc) is 3.26. The third kappa shape index (κ3) is 3.06. The zero-order chi connectivity index (χ0) is 18.1. The molecule has 2 N–H and O–H groups in total. The highest BCUT2D eigenvalue weighted by molar-refractivity contribution is 7.98. The largest absolute Gasteiger partial charge is 0.396 e. The predicted octanol–water partition coefficient (Wildman–Crippen LogP) is 4.20. The van der Waals surface area contributed by atoms with Crippen LogP contribution in [0.25, 0.3) is 20.4 Å². The topological polar surface area (TPSA) is 70.9 Å². The molecule has 0 saturated carbocycles. The first kappa shape index (κ1) is 17.9. The molecule has 5 nitrogen and oxygen atoms in total. The van der Waals surface area contributed by atoms with Crippen LogP contribution in [-0.4, -0.2) is 39.5 Å². The van der Waals surface area contributed by atoms with Gasteiger partial charge < -0.3 is 10.4 Å². The third-order valence-electron chi connectivity index (χ3n) is 4.90. The van der Waals surface area contributed by atoms with E-state index in [2.05, 4.69) is 17.2 Å². The highest BCUT2D eigenvalue weighted by atomic mass is 32.2. The first-order chi connectivity index (χ1) is 12.8. The minimum atomic E-state index is 0.179. The summed E-state index contributed by atoms with van der Waals surface area (Å²) in [6.07, 6.45) is 8.38. The fourth-order valence-electron chi connectivity index (χ4n) is 3.76. The maximum Gasteiger partial charge on any atom is 0.189 e. The van der Waals surface area contributed by atoms with E-state index in [4.69, 9.17) is 15.1 Å². The SMILES string of the molecule is CCCc1nc2sc3c(NCCCO)nc(SC)nc3c2c2c1CCC2. The molecule has 3 aromatic heterocycles. The summed E-state index contributed by atoms with van der Waals surface area (Å²) in [6.45, 7) is 3.10. The van der Waals surface area contributed by atoms with Crippen molar-refractivity contribution in [2.45, 2.75) is 50.6 Å². The monoisotopic (exact) mass is 388 g/mol. The van der Waals surface area contributed by atoms with E-state index in [1.54, 1.807) is 23.1 Å². The van der Waals surface area contributed by atoms with Gasteiger partial charge in [-0.3, -0.25) is 0 Å². The van der Waals surface area contributed by atoms with Gasteiger partial charge >= 0.3 is 0 Å². The fraction of sp³-hybridized carbons (Fsp3) is 0.526. The number of thiophene rings is 1. The Morgan fingerprint density at radius 3 is 2.81 bits per heavy atom. The molecule has 0 radical (unpaired) electrons. The lowest BCUT2D eigenvalue weighted by Crippen LogP contribution is -2.06. The maximum absolute atomic E-state index is 9.08. The average molecular weight is 389 g/mol. The van der Waals surface area contributed by atoms with Crippen molar-refractivity contribution >= 4 is 49.3 Å². The first-order valence-corrected chi connectivity index (χ1v) is 11.3. The van der Waals surface area contributed by atoms with E-state index < -0.39 is 0 Å². The Bertz CT molecular complexity index is 954. The van der Waals surface area contributed by atoms with Crippen LogP contribution in [0, 0.1) is 0 Å². The number of thioether (sulfide) groups is 1. The number of aliphatic hydroxyl groups excluding tert-OH is 1. The molecule has 0 aromatic carbocycles. The molecule has 0 atom stereocenters. The van der Waals surface area contributed by atoms with Crippen molar-refractivity contribution in [3.8, 4) is 0 Å². The molecule has 1 aliphatic carbocycles. The van der Waals surface area contributed by atoms with Crippen LogP contribution in [0.2, 0.25) is 0 Å². The standard InChI is InChI=1S/C19H24N4OS2/c1-3-6-13-11-7-4-8-12(11)14-15-16(26-18(14)21-13)17(20-9-5-10-24)23-19(22-15)25-2/h24H,3-10H2,1-2H3,(H,20,22,23). The molecule has 3 aromatic rings. The predicted molar refractivity (Wildman–Crippen MR) is 111 cm³/mol. The highest BCUT2D eigenvalue weighted by Crippen LogP contribution is 2.42. The molecule has 0 saturated heterocycles. The number of nitrogens with one attached hydrogen (secondary N) is 1. The van der Waals surface area contributed by atoms with Crippen molar-refractivity contribution < 1.29 is 5.11 Å². The Balaban J connectivity index is 1.95. The van der Waals surface area contributed by atoms with E-state index >= 15 is 0 Å². The second kappa shape index (κ2) is 7.66. The van der Waals surface area contributed by atoms with Crippen molar-refractivity contribution in [1.29, 1.82) is 0 Å². The van der Waals surface area contributed by atoms with Gasteiger partial charge in [0.15, 0.2) is 5.16 Å². The zero-order valence-electron chi connectivity index (χ0n) is 15.3. The van der Waals surface area contributed by atoms with Crippen LogP contribution in [0.4, 0.5) is 5.82 Å². The van der Waals surface area contributed by atoms with Gasteiger partial charge in [0.25, 0.3) is 0 Å². The molecule has 26 heavy (non-hydrogen) atoms. The van der Waals surface area contributed by atoms with Gasteiger partial charge in [-0.25, -0.2) is 15.0 Å². The fourth-order valence-corrected chi connectivity index (χ4v) is 5.26. The number of pyridine rings is 1. The van der Waals surface area contributed by atoms with E-state index in [-0.39, 0.29) is 6.61 Å². The lowest BCUT2D eigenvalue weighted by Gasteiger charge is -2.09. The number of aromatic nitrogens is 3. The lowest BCUT2D eigenvalue weighted by atomic mass is 10.0. The van der Waals surface area contributed by atoms with Crippen molar-refractivity contribution in [2.75, 3.05) is 24.7 Å². The normalized spacial score (nSPS) is 13.7. The molecule has 0 aliphatic heterocycles. The van der Waals surface area contributed by atoms with Gasteiger partial charge in [-0.05, 0) is 49.5 Å². The van der Waals surface area contributed by atoms with Crippen LogP contribution >= 0.6 is 23.1 Å². The minimum Gasteiger partial charge on any atom is -0.396 e. The Morgan fingerprint density at radius 2 is 2.04 bits per heavy atom. The van der Waals surface area contributed by atoms with Crippen molar-refractivity contribution in [3.05, 3.63) is 16.8 Å². The summed E-state index contributed by atoms with van der Waals surface area (Å²) >= 11 is 3.27. The van der Waals surface area contributed by atoms with E-state index in [1.807, 2.05) is 6.26 Å². The van der Waals surface area contributed by atoms with Crippen LogP contribution in [0.15, 0.2) is 5.16 Å². The van der Waals surface area contributed by atoms with E-state index in [0.29, 0.717) is 13.0 Å². The van der Waals surface area contributed by atoms with Crippen molar-refractivity contribution in [1.82, 2.24) is 15.0 Å². The molecule has 7 heteroatoms. The third-order valence-corrected chi connectivity index (χ3v) is 6.52. The molecular formula is C19H24N4OS2. The molecule has 0 spiro atoms. The van der Waals surface area contributed by atoms with Gasteiger partial charge in [-0.1, -0.05) is 25.1 Å². The van der Waals surface area contributed by atoms with E-state index in [0.717, 1.165) is 51.7 Å². The minimum absolute atomic E-state index is 0.179. The summed E-state index contributed by atoms with van der Waals surface area (Å²) in [5, 5.41) is 14.5. The van der Waals surface area contributed by atoms with Crippen LogP contribution < -0.4 is 5.32 Å². The highest BCUT2D eigenvalue weighted by Gasteiger charge is 2.24. The second-order valence-electron chi connectivity index (χ2n) is 6.64. The zero-order valence-corrected chi connectivity index (χ0v) is 16.9. The summed E-state index contributed by atoms with van der Waals surface area (Å²) in [5.74, 6) is 0.875. The number of nitrogens with zero attached hydrogens (tertiary/aromatic N) is 3. The van der Waals surface area contributed by atoms with Gasteiger partial charge in [-0.15, -0.1) is 11.3 Å². The molecule has 0 unspecified atom stereocenters. The number of fused-ring (bicyclic) bond motifs is 5. The van der Waals surface area contributed by atoms with Crippen molar-refractivity contribution in [2.24, 2.45) is 0 Å². The van der Waals surface area contributed by atoms with Gasteiger partial charge in [-0.2, -0.15) is 0 Å². The Hall–Kier alpha value is -1.44. The van der Waals surface area contributed by atoms with Gasteiger partial charge in [0.1, 0.15) is 10.6 Å². The van der Waals surface area contributed by atoms with Gasteiger partial charge in [0.2, 0.25) is 0 Å². The molecular weight excluding hydrogens is 364 g/mol. The summed E-state index contributed by atoms with van der Waals surface area (Å²) in [4.78, 5) is 15.7. The molecule has 0 fully saturated rings. The van der Waals surface area contributed by atoms with Crippen LogP contribution in [0.3, 0.4) is 0 Å². The number of aryl methyl sites for hydroxylation is 2. The molecule has 1 aliphatic rings. The quantitative estimate of drug-likeness (QED) is 0.359. The smallest absolute Gasteiger partial charge is 0.189 e. The first-order valence-electron chi connectivity index (χ1n) is 9.30. The summed E-state index contributed by atoms with van der Waals surface area (Å²) < 4.78 is 1.09. The molecule has 0 bridgehead atoms. The Labute approximate surface area is 161 Å². The summed E-state index contributed by atoms with van der Waals surface area (Å²) in [6, 6.07) is 0. The van der Waals surface area contributed by atoms with Crippen molar-refractivity contribution in [3.63, 3.8) is 0 Å². The molecule has 4 rings (SSSR count). The molecule has 138 valence electrons. The number of rotatable bonds is 7. The van der Waals surface area contributed by atoms with E-state index in [9.17, 15) is 0 Å². The molecule has 0 amide bonds. The Morgan fingerprint density at radius 1 is 1.19 bits per heavy atom. The van der Waals surface area contributed by atoms with Gasteiger partial charge in [0.05, 0.1) is 10.2 Å². The van der Waals surface area contributed by atoms with Crippen LogP contribution in [-0.2, 0) is 19.3 Å². The number of anilines is 1. The van der Waals surface area contributed by atoms with Crippen LogP contribution in [0.5, 0.6) is 0 Å². The Kier molecular flexibility index (Phi) is 5.29. The molecule has 3 heterocycles. The van der Waals surface area contributed by atoms with Crippen LogP contribution in [0.1, 0.15) is 43.0 Å². The van der Waals surface area contributed by atoms with E-state index in [1.165, 1.54) is 28.6 Å². The summed E-state index contributed by atoms with van der Waals surface area (Å²) in [7, 11) is 0. The lowest BCUT2D eigenvalue weighted by molar-refractivity contribution is 0.292. The second-order valence-corrected chi connectivity index (χ2v) is 8.41. The number of aliphatic hydroxyl groups is 1. The van der Waals surface area contributed by atoms with Gasteiger partial charge in [0, 0.05) is 24.2 Å². The number of hydrogen-bond donors (Lipinski definition) is 2.